The lowest BCUT2D eigenvalue weighted by Crippen LogP contribution is -2.33. The molecule has 0 aliphatic carbocycles. The molecule has 17 heavy (non-hydrogen) atoms. The topological polar surface area (TPSA) is 50.4 Å². The molecule has 4 heteroatoms. The zero-order chi connectivity index (χ0) is 13.1. The number of carbonyl (C=O) groups is 1. The second kappa shape index (κ2) is 10.5. The van der Waals surface area contributed by atoms with Gasteiger partial charge >= 0.3 is 0 Å². The summed E-state index contributed by atoms with van der Waals surface area (Å²) in [5.41, 5.74) is 0. The first kappa shape index (κ1) is 16.4. The minimum atomic E-state index is 0.159. The van der Waals surface area contributed by atoms with E-state index in [0.717, 1.165) is 19.5 Å². The molecule has 0 heterocycles. The standard InChI is InChI=1S/C13H28N2O2/c1-11(2)9-12(3)10-13(16)15-6-5-14-7-8-17-4/h11-12,14H,5-10H2,1-4H3,(H,15,16). The summed E-state index contributed by atoms with van der Waals surface area (Å²) in [6, 6.07) is 0. The molecule has 0 spiro atoms. The van der Waals surface area contributed by atoms with Crippen molar-refractivity contribution in [2.24, 2.45) is 11.8 Å². The molecule has 0 aromatic carbocycles. The van der Waals surface area contributed by atoms with Crippen LogP contribution in [0.1, 0.15) is 33.6 Å². The average molecular weight is 244 g/mol. The van der Waals surface area contributed by atoms with Gasteiger partial charge in [0.2, 0.25) is 5.91 Å². The minimum Gasteiger partial charge on any atom is -0.383 e. The van der Waals surface area contributed by atoms with Gasteiger partial charge in [-0.3, -0.25) is 4.79 Å². The van der Waals surface area contributed by atoms with Crippen LogP contribution in [0.2, 0.25) is 0 Å². The van der Waals surface area contributed by atoms with Crippen LogP contribution in [0.15, 0.2) is 0 Å². The lowest BCUT2D eigenvalue weighted by molar-refractivity contribution is -0.121. The summed E-state index contributed by atoms with van der Waals surface area (Å²) in [6.07, 6.45) is 1.75. The second-order valence-corrected chi connectivity index (χ2v) is 5.03. The summed E-state index contributed by atoms with van der Waals surface area (Å²) in [4.78, 5) is 11.6. The van der Waals surface area contributed by atoms with Crippen molar-refractivity contribution in [1.82, 2.24) is 10.6 Å². The fraction of sp³-hybridized carbons (Fsp3) is 0.923. The normalized spacial score (nSPS) is 12.8. The van der Waals surface area contributed by atoms with Crippen LogP contribution in [0.3, 0.4) is 0 Å². The van der Waals surface area contributed by atoms with Crippen molar-refractivity contribution in [2.45, 2.75) is 33.6 Å². The number of hydrogen-bond acceptors (Lipinski definition) is 3. The average Bonchev–Trinajstić information content (AvgIpc) is 2.21. The van der Waals surface area contributed by atoms with Gasteiger partial charge in [-0.1, -0.05) is 20.8 Å². The van der Waals surface area contributed by atoms with Gasteiger partial charge in [-0.15, -0.1) is 0 Å². The molecular weight excluding hydrogens is 216 g/mol. The van der Waals surface area contributed by atoms with Crippen molar-refractivity contribution in [3.05, 3.63) is 0 Å². The van der Waals surface area contributed by atoms with Crippen LogP contribution in [-0.4, -0.2) is 39.3 Å². The van der Waals surface area contributed by atoms with Gasteiger partial charge < -0.3 is 15.4 Å². The molecule has 2 N–H and O–H groups in total. The van der Waals surface area contributed by atoms with E-state index >= 15 is 0 Å². The highest BCUT2D eigenvalue weighted by Gasteiger charge is 2.09. The monoisotopic (exact) mass is 244 g/mol. The SMILES string of the molecule is COCCNCCNC(=O)CC(C)CC(C)C. The molecule has 0 aromatic heterocycles. The van der Waals surface area contributed by atoms with Gasteiger partial charge in [-0.05, 0) is 18.3 Å². The molecule has 0 saturated carbocycles. The fourth-order valence-corrected chi connectivity index (χ4v) is 1.87. The Morgan fingerprint density at radius 3 is 2.47 bits per heavy atom. The second-order valence-electron chi connectivity index (χ2n) is 5.03. The van der Waals surface area contributed by atoms with E-state index in [9.17, 15) is 4.79 Å². The maximum atomic E-state index is 11.6. The van der Waals surface area contributed by atoms with Crippen LogP contribution in [-0.2, 0) is 9.53 Å². The first-order valence-corrected chi connectivity index (χ1v) is 6.52. The third kappa shape index (κ3) is 11.6. The van der Waals surface area contributed by atoms with E-state index in [0.29, 0.717) is 31.4 Å². The predicted molar refractivity (Wildman–Crippen MR) is 71.0 cm³/mol. The Labute approximate surface area is 105 Å². The maximum Gasteiger partial charge on any atom is 0.220 e. The van der Waals surface area contributed by atoms with Gasteiger partial charge in [0.15, 0.2) is 0 Å². The van der Waals surface area contributed by atoms with E-state index in [1.165, 1.54) is 0 Å². The Bertz CT molecular complexity index is 196. The molecule has 0 rings (SSSR count). The van der Waals surface area contributed by atoms with E-state index in [2.05, 4.69) is 31.4 Å². The smallest absolute Gasteiger partial charge is 0.220 e. The van der Waals surface area contributed by atoms with Crippen LogP contribution in [0.25, 0.3) is 0 Å². The molecule has 0 saturated heterocycles. The van der Waals surface area contributed by atoms with E-state index in [1.807, 2.05) is 0 Å². The van der Waals surface area contributed by atoms with Gasteiger partial charge in [0.05, 0.1) is 6.61 Å². The van der Waals surface area contributed by atoms with Gasteiger partial charge in [0.25, 0.3) is 0 Å². The fourth-order valence-electron chi connectivity index (χ4n) is 1.87. The molecule has 102 valence electrons. The number of hydrogen-bond donors (Lipinski definition) is 2. The molecule has 1 unspecified atom stereocenters. The summed E-state index contributed by atoms with van der Waals surface area (Å²) < 4.78 is 4.91. The van der Waals surface area contributed by atoms with Crippen LogP contribution in [0.4, 0.5) is 0 Å². The highest BCUT2D eigenvalue weighted by molar-refractivity contribution is 5.76. The number of ether oxygens (including phenoxy) is 1. The first-order chi connectivity index (χ1) is 8.06. The zero-order valence-corrected chi connectivity index (χ0v) is 11.7. The molecule has 0 radical (unpaired) electrons. The van der Waals surface area contributed by atoms with Crippen molar-refractivity contribution < 1.29 is 9.53 Å². The van der Waals surface area contributed by atoms with Crippen molar-refractivity contribution >= 4 is 5.91 Å². The van der Waals surface area contributed by atoms with E-state index in [1.54, 1.807) is 7.11 Å². The lowest BCUT2D eigenvalue weighted by atomic mass is 9.96. The Morgan fingerprint density at radius 1 is 1.18 bits per heavy atom. The molecule has 0 bridgehead atoms. The summed E-state index contributed by atoms with van der Waals surface area (Å²) in [5.74, 6) is 1.29. The third-order valence-corrected chi connectivity index (χ3v) is 2.51. The van der Waals surface area contributed by atoms with Gasteiger partial charge in [-0.2, -0.15) is 0 Å². The Morgan fingerprint density at radius 2 is 1.88 bits per heavy atom. The largest absolute Gasteiger partial charge is 0.383 e. The van der Waals surface area contributed by atoms with Crippen LogP contribution < -0.4 is 10.6 Å². The molecule has 0 aliphatic rings. The van der Waals surface area contributed by atoms with Crippen molar-refractivity contribution in [3.63, 3.8) is 0 Å². The summed E-state index contributed by atoms with van der Waals surface area (Å²) >= 11 is 0. The molecule has 0 aromatic rings. The first-order valence-electron chi connectivity index (χ1n) is 6.52. The van der Waals surface area contributed by atoms with Crippen LogP contribution >= 0.6 is 0 Å². The quantitative estimate of drug-likeness (QED) is 0.571. The molecule has 4 nitrogen and oxygen atoms in total. The summed E-state index contributed by atoms with van der Waals surface area (Å²) in [7, 11) is 1.68. The van der Waals surface area contributed by atoms with E-state index in [-0.39, 0.29) is 5.91 Å². The number of carbonyl (C=O) groups excluding carboxylic acids is 1. The Balaban J connectivity index is 3.40. The third-order valence-electron chi connectivity index (χ3n) is 2.51. The van der Waals surface area contributed by atoms with Crippen molar-refractivity contribution in [3.8, 4) is 0 Å². The van der Waals surface area contributed by atoms with Crippen molar-refractivity contribution in [2.75, 3.05) is 33.4 Å². The Kier molecular flexibility index (Phi) is 10.2. The number of rotatable bonds is 10. The maximum absolute atomic E-state index is 11.6. The van der Waals surface area contributed by atoms with Crippen LogP contribution in [0.5, 0.6) is 0 Å². The molecule has 0 fully saturated rings. The van der Waals surface area contributed by atoms with Crippen molar-refractivity contribution in [1.29, 1.82) is 0 Å². The molecular formula is C13H28N2O2. The highest BCUT2D eigenvalue weighted by atomic mass is 16.5. The zero-order valence-electron chi connectivity index (χ0n) is 11.7. The van der Waals surface area contributed by atoms with Gasteiger partial charge in [0.1, 0.15) is 0 Å². The summed E-state index contributed by atoms with van der Waals surface area (Å²) in [6.45, 7) is 9.54. The van der Waals surface area contributed by atoms with Crippen LogP contribution in [0, 0.1) is 11.8 Å². The highest BCUT2D eigenvalue weighted by Crippen LogP contribution is 2.13. The number of nitrogens with one attached hydrogen (secondary N) is 2. The number of amides is 1. The summed E-state index contributed by atoms with van der Waals surface area (Å²) in [5, 5.41) is 6.11. The lowest BCUT2D eigenvalue weighted by Gasteiger charge is -2.13. The predicted octanol–water partition coefficient (Wildman–Crippen LogP) is 1.41. The van der Waals surface area contributed by atoms with E-state index in [4.69, 9.17) is 4.74 Å². The molecule has 1 atom stereocenters. The molecule has 0 aliphatic heterocycles. The van der Waals surface area contributed by atoms with Gasteiger partial charge in [0, 0.05) is 33.2 Å². The number of methoxy groups -OCH3 is 1. The van der Waals surface area contributed by atoms with Gasteiger partial charge in [-0.25, -0.2) is 0 Å². The molecule has 1 amide bonds. The Hall–Kier alpha value is -0.610. The minimum absolute atomic E-state index is 0.159. The van der Waals surface area contributed by atoms with E-state index < -0.39 is 0 Å².